The summed E-state index contributed by atoms with van der Waals surface area (Å²) in [6.07, 6.45) is 0.151. The zero-order valence-electron chi connectivity index (χ0n) is 22.2. The lowest BCUT2D eigenvalue weighted by atomic mass is 9.81. The van der Waals surface area contributed by atoms with Crippen molar-refractivity contribution in [1.29, 1.82) is 0 Å². The molecule has 0 aromatic heterocycles. The van der Waals surface area contributed by atoms with Gasteiger partial charge < -0.3 is 20.2 Å². The van der Waals surface area contributed by atoms with Crippen molar-refractivity contribution in [3.63, 3.8) is 0 Å². The number of alkyl halides is 3. The molecule has 212 valence electrons. The number of hydrogen-bond donors (Lipinski definition) is 3. The van der Waals surface area contributed by atoms with Crippen molar-refractivity contribution >= 4 is 11.7 Å². The molecular formula is C29H35F3N2O5. The molecule has 1 aliphatic heterocycles. The van der Waals surface area contributed by atoms with Gasteiger partial charge in [-0.2, -0.15) is 13.2 Å². The quantitative estimate of drug-likeness (QED) is 0.221. The lowest BCUT2D eigenvalue weighted by Gasteiger charge is -2.37. The summed E-state index contributed by atoms with van der Waals surface area (Å²) in [7, 11) is 0. The zero-order valence-corrected chi connectivity index (χ0v) is 22.2. The number of halogens is 3. The van der Waals surface area contributed by atoms with Crippen LogP contribution in [0.3, 0.4) is 0 Å². The van der Waals surface area contributed by atoms with Gasteiger partial charge in [0.05, 0.1) is 22.8 Å². The molecule has 0 spiro atoms. The third kappa shape index (κ3) is 6.80. The van der Waals surface area contributed by atoms with E-state index in [1.807, 2.05) is 19.1 Å². The number of hydrogen-bond acceptors (Lipinski definition) is 6. The second-order valence-electron chi connectivity index (χ2n) is 10.6. The van der Waals surface area contributed by atoms with Crippen molar-refractivity contribution in [2.45, 2.75) is 77.0 Å². The summed E-state index contributed by atoms with van der Waals surface area (Å²) in [6.45, 7) is 5.21. The van der Waals surface area contributed by atoms with E-state index in [2.05, 4.69) is 10.1 Å². The third-order valence-electron chi connectivity index (χ3n) is 7.79. The molecule has 2 aliphatic rings. The summed E-state index contributed by atoms with van der Waals surface area (Å²) < 4.78 is 41.7. The first kappa shape index (κ1) is 29.0. The molecule has 2 fully saturated rings. The minimum absolute atomic E-state index is 0.172. The molecule has 0 atom stereocenters. The Morgan fingerprint density at radius 2 is 1.74 bits per heavy atom. The van der Waals surface area contributed by atoms with Crippen LogP contribution in [0.25, 0.3) is 0 Å². The maximum atomic E-state index is 13.9. The second-order valence-corrected chi connectivity index (χ2v) is 10.6. The van der Waals surface area contributed by atoms with Crippen molar-refractivity contribution in [2.75, 3.05) is 13.1 Å². The fourth-order valence-corrected chi connectivity index (χ4v) is 5.44. The highest BCUT2D eigenvalue weighted by atomic mass is 19.4. The fourth-order valence-electron chi connectivity index (χ4n) is 5.44. The second kappa shape index (κ2) is 11.7. The minimum Gasteiger partial charge on any atom is -0.481 e. The van der Waals surface area contributed by atoms with Crippen molar-refractivity contribution in [3.05, 3.63) is 69.8 Å². The normalized spacial score (nSPS) is 18.2. The maximum absolute atomic E-state index is 13.9. The average molecular weight is 549 g/mol. The molecule has 10 heteroatoms. The average Bonchev–Trinajstić information content (AvgIpc) is 2.88. The molecule has 0 amide bonds. The van der Waals surface area contributed by atoms with Gasteiger partial charge in [0.25, 0.3) is 0 Å². The van der Waals surface area contributed by atoms with Crippen molar-refractivity contribution in [1.82, 2.24) is 4.90 Å². The van der Waals surface area contributed by atoms with Gasteiger partial charge in [0, 0.05) is 19.6 Å². The number of aliphatic hydroxyl groups is 2. The summed E-state index contributed by atoms with van der Waals surface area (Å²) in [6, 6.07) is 8.90. The maximum Gasteiger partial charge on any atom is 0.416 e. The lowest BCUT2D eigenvalue weighted by Crippen LogP contribution is -2.49. The van der Waals surface area contributed by atoms with E-state index in [0.717, 1.165) is 36.5 Å². The van der Waals surface area contributed by atoms with E-state index in [-0.39, 0.29) is 17.4 Å². The van der Waals surface area contributed by atoms with Crippen molar-refractivity contribution in [3.8, 4) is 0 Å². The summed E-state index contributed by atoms with van der Waals surface area (Å²) in [5, 5.41) is 33.9. The number of rotatable bonds is 9. The number of aliphatic carboxylic acids is 1. The molecule has 2 aromatic carbocycles. The summed E-state index contributed by atoms with van der Waals surface area (Å²) in [5.41, 5.74) is 1.87. The molecule has 39 heavy (non-hydrogen) atoms. The number of nitrogens with zero attached hydrogens (tertiary/aromatic N) is 2. The zero-order chi connectivity index (χ0) is 28.4. The van der Waals surface area contributed by atoms with E-state index in [1.165, 1.54) is 12.1 Å². The molecule has 0 unspecified atom stereocenters. The van der Waals surface area contributed by atoms with Crippen LogP contribution in [-0.4, -0.2) is 45.0 Å². The molecule has 0 radical (unpaired) electrons. The van der Waals surface area contributed by atoms with Crippen molar-refractivity contribution < 1.29 is 38.1 Å². The van der Waals surface area contributed by atoms with Gasteiger partial charge >= 0.3 is 18.1 Å². The van der Waals surface area contributed by atoms with Crippen LogP contribution in [0.5, 0.6) is 0 Å². The molecule has 3 N–H and O–H groups in total. The van der Waals surface area contributed by atoms with Crippen LogP contribution < -0.4 is 0 Å². The van der Waals surface area contributed by atoms with Gasteiger partial charge in [-0.15, -0.1) is 0 Å². The van der Waals surface area contributed by atoms with Gasteiger partial charge in [0.15, 0.2) is 0 Å². The fraction of sp³-hybridized carbons (Fsp3) is 0.517. The number of carboxylic acids is 1. The van der Waals surface area contributed by atoms with Crippen LogP contribution in [0.1, 0.15) is 85.3 Å². The highest BCUT2D eigenvalue weighted by Crippen LogP contribution is 2.42. The number of benzene rings is 2. The van der Waals surface area contributed by atoms with Crippen LogP contribution in [0.2, 0.25) is 0 Å². The lowest BCUT2D eigenvalue weighted by molar-refractivity contribution is -0.351. The first-order valence-electron chi connectivity index (χ1n) is 13.4. The molecule has 4 rings (SSSR count). The van der Waals surface area contributed by atoms with Crippen LogP contribution in [0, 0.1) is 5.92 Å². The van der Waals surface area contributed by atoms with E-state index in [1.54, 1.807) is 13.0 Å². The molecule has 2 aromatic rings. The molecule has 1 aliphatic carbocycles. The van der Waals surface area contributed by atoms with Gasteiger partial charge in [0.1, 0.15) is 0 Å². The Bertz CT molecular complexity index is 1220. The number of carboxylic acid groups (broad SMARTS) is 1. The third-order valence-corrected chi connectivity index (χ3v) is 7.79. The Morgan fingerprint density at radius 1 is 1.05 bits per heavy atom. The molecule has 1 saturated carbocycles. The molecule has 7 nitrogen and oxygen atoms in total. The SMILES string of the molecule is CCc1cc(/C(C)=N/OC(O)(O)c2ccc(C3CCCCC3)c(C(F)(F)F)c2)ccc1CN1CC(C(=O)O)C1. The Labute approximate surface area is 225 Å². The highest BCUT2D eigenvalue weighted by molar-refractivity contribution is 5.98. The van der Waals surface area contributed by atoms with Gasteiger partial charge in [-0.25, -0.2) is 0 Å². The standard InChI is InChI=1S/C29H35F3N2O5/c1-3-19-13-21(9-10-22(19)15-34-16-23(17-34)27(35)36)18(2)33-39-29(37,38)24-11-12-25(20-7-5-4-6-8-20)26(14-24)28(30,31)32/h9-14,20,23,37-38H,3-8,15-17H2,1-2H3,(H,35,36)/b33-18+. The van der Waals surface area contributed by atoms with Gasteiger partial charge in [-0.05, 0) is 72.6 Å². The first-order chi connectivity index (χ1) is 18.4. The predicted molar refractivity (Wildman–Crippen MR) is 139 cm³/mol. The highest BCUT2D eigenvalue weighted by Gasteiger charge is 2.39. The van der Waals surface area contributed by atoms with E-state index >= 15 is 0 Å². The summed E-state index contributed by atoms with van der Waals surface area (Å²) >= 11 is 0. The summed E-state index contributed by atoms with van der Waals surface area (Å²) in [4.78, 5) is 18.1. The molecular weight excluding hydrogens is 513 g/mol. The Kier molecular flexibility index (Phi) is 8.68. The number of likely N-dealkylation sites (tertiary alicyclic amines) is 1. The van der Waals surface area contributed by atoms with Gasteiger partial charge in [0.2, 0.25) is 0 Å². The van der Waals surface area contributed by atoms with Crippen LogP contribution in [0.4, 0.5) is 13.2 Å². The summed E-state index contributed by atoms with van der Waals surface area (Å²) in [5.74, 6) is -4.40. The van der Waals surface area contributed by atoms with E-state index < -0.39 is 29.2 Å². The number of oxime groups is 1. The Hall–Kier alpha value is -2.95. The minimum atomic E-state index is -4.65. The Morgan fingerprint density at radius 3 is 2.36 bits per heavy atom. The van der Waals surface area contributed by atoms with Gasteiger partial charge in [-0.3, -0.25) is 9.69 Å². The van der Waals surface area contributed by atoms with Crippen LogP contribution in [0.15, 0.2) is 41.6 Å². The predicted octanol–water partition coefficient (Wildman–Crippen LogP) is 5.37. The molecule has 1 saturated heterocycles. The van der Waals surface area contributed by atoms with Crippen LogP contribution >= 0.6 is 0 Å². The van der Waals surface area contributed by atoms with E-state index in [4.69, 9.17) is 9.94 Å². The Balaban J connectivity index is 1.49. The first-order valence-corrected chi connectivity index (χ1v) is 13.4. The largest absolute Gasteiger partial charge is 0.481 e. The smallest absolute Gasteiger partial charge is 0.416 e. The molecule has 1 heterocycles. The molecule has 0 bridgehead atoms. The van der Waals surface area contributed by atoms with E-state index in [9.17, 15) is 28.2 Å². The van der Waals surface area contributed by atoms with E-state index in [0.29, 0.717) is 50.2 Å². The number of carbonyl (C=O) groups is 1. The van der Waals surface area contributed by atoms with Crippen LogP contribution in [-0.2, 0) is 34.7 Å². The van der Waals surface area contributed by atoms with Gasteiger partial charge in [-0.1, -0.05) is 49.5 Å². The monoisotopic (exact) mass is 548 g/mol. The topological polar surface area (TPSA) is 103 Å². The van der Waals surface area contributed by atoms with Crippen molar-refractivity contribution in [2.24, 2.45) is 11.1 Å². The number of aryl methyl sites for hydroxylation is 1.